The Labute approximate surface area is 85.9 Å². The molecule has 0 heterocycles. The number of rotatable bonds is 2. The van der Waals surface area contributed by atoms with Crippen LogP contribution in [0, 0.1) is 9.49 Å². The van der Waals surface area contributed by atoms with E-state index >= 15 is 0 Å². The van der Waals surface area contributed by atoms with E-state index in [2.05, 4.69) is 28.7 Å². The highest BCUT2D eigenvalue weighted by molar-refractivity contribution is 14.1. The summed E-state index contributed by atoms with van der Waals surface area (Å²) >= 11 is 2.29. The molecule has 0 amide bonds. The van der Waals surface area contributed by atoms with Crippen molar-refractivity contribution in [3.8, 4) is 5.75 Å². The zero-order chi connectivity index (χ0) is 8.55. The first-order valence-electron chi connectivity index (χ1n) is 4.23. The van der Waals surface area contributed by atoms with Crippen molar-refractivity contribution >= 4 is 22.6 Å². The van der Waals surface area contributed by atoms with Gasteiger partial charge in [0.2, 0.25) is 0 Å². The summed E-state index contributed by atoms with van der Waals surface area (Å²) in [6, 6.07) is 5.73. The van der Waals surface area contributed by atoms with E-state index in [0.717, 1.165) is 17.9 Å². The van der Waals surface area contributed by atoms with Crippen molar-refractivity contribution in [2.75, 3.05) is 0 Å². The standard InChI is InChI=1S/C10H11IO/c11-9-2-1-3-10(12)8(9)6-7-4-5-7/h1-3,7,12H,4-6H2. The van der Waals surface area contributed by atoms with Crippen LogP contribution in [0.5, 0.6) is 5.75 Å². The second kappa shape index (κ2) is 3.24. The van der Waals surface area contributed by atoms with Crippen molar-refractivity contribution in [2.24, 2.45) is 5.92 Å². The highest BCUT2D eigenvalue weighted by atomic mass is 127. The van der Waals surface area contributed by atoms with Crippen LogP contribution in [0.4, 0.5) is 0 Å². The van der Waals surface area contributed by atoms with Gasteiger partial charge in [-0.05, 0) is 59.9 Å². The smallest absolute Gasteiger partial charge is 0.119 e. The number of benzene rings is 1. The molecule has 0 aromatic heterocycles. The molecule has 0 atom stereocenters. The van der Waals surface area contributed by atoms with E-state index in [4.69, 9.17) is 0 Å². The summed E-state index contributed by atoms with van der Waals surface area (Å²) in [7, 11) is 0. The van der Waals surface area contributed by atoms with Gasteiger partial charge in [0.05, 0.1) is 0 Å². The molecule has 0 radical (unpaired) electrons. The molecule has 1 aliphatic rings. The predicted octanol–water partition coefficient (Wildman–Crippen LogP) is 2.95. The summed E-state index contributed by atoms with van der Waals surface area (Å²) in [6.07, 6.45) is 3.74. The Hall–Kier alpha value is -0.250. The summed E-state index contributed by atoms with van der Waals surface area (Å²) in [4.78, 5) is 0. The largest absolute Gasteiger partial charge is 0.508 e. The third-order valence-corrected chi connectivity index (χ3v) is 3.29. The molecule has 12 heavy (non-hydrogen) atoms. The fraction of sp³-hybridized carbons (Fsp3) is 0.400. The first kappa shape index (κ1) is 8.35. The third kappa shape index (κ3) is 1.73. The minimum Gasteiger partial charge on any atom is -0.508 e. The number of aromatic hydroxyl groups is 1. The Balaban J connectivity index is 2.26. The maximum absolute atomic E-state index is 9.56. The van der Waals surface area contributed by atoms with Gasteiger partial charge >= 0.3 is 0 Å². The Morgan fingerprint density at radius 3 is 2.75 bits per heavy atom. The Kier molecular flexibility index (Phi) is 2.26. The third-order valence-electron chi connectivity index (χ3n) is 2.28. The van der Waals surface area contributed by atoms with Gasteiger partial charge < -0.3 is 5.11 Å². The summed E-state index contributed by atoms with van der Waals surface area (Å²) in [5.41, 5.74) is 1.14. The van der Waals surface area contributed by atoms with E-state index in [0.29, 0.717) is 5.75 Å². The SMILES string of the molecule is Oc1cccc(I)c1CC1CC1. The molecule has 1 aromatic rings. The van der Waals surface area contributed by atoms with E-state index < -0.39 is 0 Å². The topological polar surface area (TPSA) is 20.2 Å². The van der Waals surface area contributed by atoms with Gasteiger partial charge in [-0.1, -0.05) is 6.07 Å². The average Bonchev–Trinajstić information content (AvgIpc) is 2.80. The molecule has 1 fully saturated rings. The van der Waals surface area contributed by atoms with Crippen LogP contribution in [0.1, 0.15) is 18.4 Å². The molecule has 1 saturated carbocycles. The van der Waals surface area contributed by atoms with Crippen LogP contribution < -0.4 is 0 Å². The molecule has 1 aromatic carbocycles. The molecule has 0 unspecified atom stereocenters. The summed E-state index contributed by atoms with van der Waals surface area (Å²) < 4.78 is 1.19. The van der Waals surface area contributed by atoms with Crippen molar-refractivity contribution in [1.82, 2.24) is 0 Å². The highest BCUT2D eigenvalue weighted by Gasteiger charge is 2.23. The predicted molar refractivity (Wildman–Crippen MR) is 57.3 cm³/mol. The minimum absolute atomic E-state index is 0.466. The Morgan fingerprint density at radius 2 is 2.17 bits per heavy atom. The van der Waals surface area contributed by atoms with Crippen molar-refractivity contribution in [3.05, 3.63) is 27.3 Å². The van der Waals surface area contributed by atoms with E-state index in [9.17, 15) is 5.11 Å². The Bertz CT molecular complexity index is 272. The quantitative estimate of drug-likeness (QED) is 0.822. The number of hydrogen-bond acceptors (Lipinski definition) is 1. The zero-order valence-corrected chi connectivity index (χ0v) is 8.91. The van der Waals surface area contributed by atoms with E-state index in [1.54, 1.807) is 6.07 Å². The van der Waals surface area contributed by atoms with Crippen LogP contribution in [0.15, 0.2) is 18.2 Å². The Morgan fingerprint density at radius 1 is 1.42 bits per heavy atom. The lowest BCUT2D eigenvalue weighted by Gasteiger charge is -2.05. The molecule has 0 spiro atoms. The van der Waals surface area contributed by atoms with Crippen LogP contribution >= 0.6 is 22.6 Å². The second-order valence-electron chi connectivity index (χ2n) is 3.39. The summed E-state index contributed by atoms with van der Waals surface area (Å²) in [5.74, 6) is 1.31. The van der Waals surface area contributed by atoms with Crippen LogP contribution in [0.2, 0.25) is 0 Å². The fourth-order valence-electron chi connectivity index (χ4n) is 1.36. The number of phenols is 1. The van der Waals surface area contributed by atoms with Gasteiger partial charge in [-0.15, -0.1) is 0 Å². The normalized spacial score (nSPS) is 16.4. The van der Waals surface area contributed by atoms with Crippen LogP contribution in [0.3, 0.4) is 0 Å². The van der Waals surface area contributed by atoms with Crippen LogP contribution in [-0.4, -0.2) is 5.11 Å². The van der Waals surface area contributed by atoms with Gasteiger partial charge in [0.25, 0.3) is 0 Å². The van der Waals surface area contributed by atoms with Crippen LogP contribution in [0.25, 0.3) is 0 Å². The van der Waals surface area contributed by atoms with Gasteiger partial charge in [-0.25, -0.2) is 0 Å². The molecule has 1 nitrogen and oxygen atoms in total. The molecular formula is C10H11IO. The molecule has 1 aliphatic carbocycles. The molecule has 0 aliphatic heterocycles. The molecule has 2 rings (SSSR count). The van der Waals surface area contributed by atoms with Gasteiger partial charge in [0, 0.05) is 9.13 Å². The van der Waals surface area contributed by atoms with E-state index in [1.165, 1.54) is 16.4 Å². The van der Waals surface area contributed by atoms with Crippen molar-refractivity contribution in [3.63, 3.8) is 0 Å². The molecule has 2 heteroatoms. The maximum Gasteiger partial charge on any atom is 0.119 e. The monoisotopic (exact) mass is 274 g/mol. The molecule has 64 valence electrons. The minimum atomic E-state index is 0.466. The summed E-state index contributed by atoms with van der Waals surface area (Å²) in [5, 5.41) is 9.56. The first-order valence-corrected chi connectivity index (χ1v) is 5.31. The van der Waals surface area contributed by atoms with Gasteiger partial charge in [-0.2, -0.15) is 0 Å². The van der Waals surface area contributed by atoms with Crippen LogP contribution in [-0.2, 0) is 6.42 Å². The zero-order valence-electron chi connectivity index (χ0n) is 6.76. The molecule has 0 bridgehead atoms. The maximum atomic E-state index is 9.56. The molecular weight excluding hydrogens is 263 g/mol. The van der Waals surface area contributed by atoms with Crippen molar-refractivity contribution in [1.29, 1.82) is 0 Å². The lowest BCUT2D eigenvalue weighted by Crippen LogP contribution is -1.91. The number of phenolic OH excluding ortho intramolecular Hbond substituents is 1. The highest BCUT2D eigenvalue weighted by Crippen LogP contribution is 2.36. The lowest BCUT2D eigenvalue weighted by molar-refractivity contribution is 0.465. The molecule has 1 N–H and O–H groups in total. The average molecular weight is 274 g/mol. The lowest BCUT2D eigenvalue weighted by atomic mass is 10.1. The fourth-order valence-corrected chi connectivity index (χ4v) is 2.06. The van der Waals surface area contributed by atoms with Crippen molar-refractivity contribution < 1.29 is 5.11 Å². The first-order chi connectivity index (χ1) is 5.77. The second-order valence-corrected chi connectivity index (χ2v) is 4.55. The molecule has 0 saturated heterocycles. The van der Waals surface area contributed by atoms with E-state index in [1.807, 2.05) is 6.07 Å². The van der Waals surface area contributed by atoms with Gasteiger partial charge in [0.15, 0.2) is 0 Å². The number of hydrogen-bond donors (Lipinski definition) is 1. The van der Waals surface area contributed by atoms with E-state index in [-0.39, 0.29) is 0 Å². The van der Waals surface area contributed by atoms with Gasteiger partial charge in [-0.3, -0.25) is 0 Å². The number of halogens is 1. The summed E-state index contributed by atoms with van der Waals surface area (Å²) in [6.45, 7) is 0. The van der Waals surface area contributed by atoms with Crippen molar-refractivity contribution in [2.45, 2.75) is 19.3 Å². The van der Waals surface area contributed by atoms with Gasteiger partial charge in [0.1, 0.15) is 5.75 Å².